The molecular formula is C18H29BN2O2. The Bertz CT molecular complexity index is 610. The lowest BCUT2D eigenvalue weighted by Gasteiger charge is -2.32. The van der Waals surface area contributed by atoms with E-state index in [1.165, 1.54) is 0 Å². The summed E-state index contributed by atoms with van der Waals surface area (Å²) < 4.78 is 12.4. The number of rotatable bonds is 3. The minimum atomic E-state index is -0.390. The van der Waals surface area contributed by atoms with Crippen LogP contribution in [-0.2, 0) is 9.31 Å². The molecule has 0 atom stereocenters. The zero-order chi connectivity index (χ0) is 17.6. The van der Waals surface area contributed by atoms with Gasteiger partial charge in [0.1, 0.15) is 5.84 Å². The summed E-state index contributed by atoms with van der Waals surface area (Å²) in [4.78, 5) is 1.94. The molecule has 1 aliphatic heterocycles. The van der Waals surface area contributed by atoms with Crippen molar-refractivity contribution in [2.45, 2.75) is 59.7 Å². The SMILES string of the molecule is CCN(C)C(=N)c1cc(C)cc(B2OC(C)(C)C(C)(C)O2)c1C. The molecule has 126 valence electrons. The van der Waals surface area contributed by atoms with E-state index in [0.717, 1.165) is 28.7 Å². The van der Waals surface area contributed by atoms with Crippen LogP contribution >= 0.6 is 0 Å². The highest BCUT2D eigenvalue weighted by atomic mass is 16.7. The largest absolute Gasteiger partial charge is 0.495 e. The first-order chi connectivity index (χ1) is 10.5. The molecule has 4 nitrogen and oxygen atoms in total. The fraction of sp³-hybridized carbons (Fsp3) is 0.611. The Balaban J connectivity index is 2.46. The number of hydrogen-bond acceptors (Lipinski definition) is 3. The van der Waals surface area contributed by atoms with E-state index >= 15 is 0 Å². The molecule has 0 unspecified atom stereocenters. The minimum Gasteiger partial charge on any atom is -0.399 e. The summed E-state index contributed by atoms with van der Waals surface area (Å²) in [5.41, 5.74) is 3.42. The van der Waals surface area contributed by atoms with Gasteiger partial charge in [0.05, 0.1) is 11.2 Å². The fourth-order valence-corrected chi connectivity index (χ4v) is 2.71. The molecule has 5 heteroatoms. The summed E-state index contributed by atoms with van der Waals surface area (Å²) in [6.45, 7) is 15.2. The lowest BCUT2D eigenvalue weighted by molar-refractivity contribution is 0.00578. The first-order valence-electron chi connectivity index (χ1n) is 8.27. The Morgan fingerprint density at radius 2 is 1.65 bits per heavy atom. The first-order valence-corrected chi connectivity index (χ1v) is 8.27. The lowest BCUT2D eigenvalue weighted by Crippen LogP contribution is -2.41. The average molecular weight is 316 g/mol. The predicted octanol–water partition coefficient (Wildman–Crippen LogP) is 2.88. The van der Waals surface area contributed by atoms with Crippen molar-refractivity contribution in [1.29, 1.82) is 5.41 Å². The second-order valence-electron chi connectivity index (χ2n) is 7.48. The molecule has 1 N–H and O–H groups in total. The second-order valence-corrected chi connectivity index (χ2v) is 7.48. The molecule has 0 amide bonds. The Labute approximate surface area is 140 Å². The third-order valence-corrected chi connectivity index (χ3v) is 5.21. The maximum Gasteiger partial charge on any atom is 0.495 e. The van der Waals surface area contributed by atoms with E-state index in [1.54, 1.807) is 0 Å². The summed E-state index contributed by atoms with van der Waals surface area (Å²) in [5.74, 6) is 0.534. The van der Waals surface area contributed by atoms with Crippen molar-refractivity contribution in [1.82, 2.24) is 4.90 Å². The van der Waals surface area contributed by atoms with Gasteiger partial charge in [-0.2, -0.15) is 0 Å². The molecule has 1 aliphatic rings. The van der Waals surface area contributed by atoms with Gasteiger partial charge in [-0.15, -0.1) is 0 Å². The van der Waals surface area contributed by atoms with Crippen LogP contribution in [-0.4, -0.2) is 42.6 Å². The molecule has 1 aromatic rings. The van der Waals surface area contributed by atoms with Gasteiger partial charge in [0.2, 0.25) is 0 Å². The van der Waals surface area contributed by atoms with Crippen molar-refractivity contribution in [3.8, 4) is 0 Å². The van der Waals surface area contributed by atoms with Crippen LogP contribution in [0.2, 0.25) is 0 Å². The van der Waals surface area contributed by atoms with Gasteiger partial charge in [0, 0.05) is 19.2 Å². The van der Waals surface area contributed by atoms with Gasteiger partial charge in [-0.25, -0.2) is 0 Å². The molecule has 0 saturated carbocycles. The van der Waals surface area contributed by atoms with Gasteiger partial charge >= 0.3 is 7.12 Å². The third kappa shape index (κ3) is 3.17. The highest BCUT2D eigenvalue weighted by Crippen LogP contribution is 2.36. The van der Waals surface area contributed by atoms with E-state index in [-0.39, 0.29) is 11.2 Å². The van der Waals surface area contributed by atoms with E-state index in [1.807, 2.05) is 18.9 Å². The Kier molecular flexibility index (Phi) is 4.66. The number of benzene rings is 1. The molecule has 1 heterocycles. The summed E-state index contributed by atoms with van der Waals surface area (Å²) in [7, 11) is 1.55. The van der Waals surface area contributed by atoms with E-state index in [0.29, 0.717) is 5.84 Å². The molecule has 0 radical (unpaired) electrons. The van der Waals surface area contributed by atoms with E-state index < -0.39 is 7.12 Å². The lowest BCUT2D eigenvalue weighted by atomic mass is 9.74. The molecule has 0 bridgehead atoms. The van der Waals surface area contributed by atoms with Crippen LogP contribution in [0.1, 0.15) is 51.3 Å². The smallest absolute Gasteiger partial charge is 0.399 e. The number of aryl methyl sites for hydroxylation is 1. The van der Waals surface area contributed by atoms with Gasteiger partial charge in [0.25, 0.3) is 0 Å². The van der Waals surface area contributed by atoms with E-state index in [2.05, 4.69) is 53.7 Å². The van der Waals surface area contributed by atoms with Crippen LogP contribution in [0, 0.1) is 19.3 Å². The average Bonchev–Trinajstić information content (AvgIpc) is 2.67. The Morgan fingerprint density at radius 3 is 2.13 bits per heavy atom. The van der Waals surface area contributed by atoms with E-state index in [9.17, 15) is 0 Å². The molecule has 1 fully saturated rings. The fourth-order valence-electron chi connectivity index (χ4n) is 2.71. The number of amidine groups is 1. The molecular weight excluding hydrogens is 287 g/mol. The highest BCUT2D eigenvalue weighted by Gasteiger charge is 2.52. The quantitative estimate of drug-likeness (QED) is 0.530. The predicted molar refractivity (Wildman–Crippen MR) is 96.8 cm³/mol. The van der Waals surface area contributed by atoms with Crippen LogP contribution < -0.4 is 5.46 Å². The molecule has 2 rings (SSSR count). The normalized spacial score (nSPS) is 19.0. The molecule has 1 aromatic carbocycles. The van der Waals surface area contributed by atoms with Gasteiger partial charge in [0.15, 0.2) is 0 Å². The maximum absolute atomic E-state index is 8.44. The maximum atomic E-state index is 8.44. The molecule has 0 aliphatic carbocycles. The standard InChI is InChI=1S/C18H29BN2O2/c1-9-21(8)16(20)14-10-12(2)11-15(13(14)3)19-22-17(4,5)18(6,7)23-19/h10-11,20H,9H2,1-8H3. The third-order valence-electron chi connectivity index (χ3n) is 5.21. The van der Waals surface area contributed by atoms with Gasteiger partial charge in [-0.3, -0.25) is 5.41 Å². The van der Waals surface area contributed by atoms with Crippen LogP contribution in [0.15, 0.2) is 12.1 Å². The summed E-state index contributed by atoms with van der Waals surface area (Å²) in [5, 5.41) is 8.44. The monoisotopic (exact) mass is 316 g/mol. The first kappa shape index (κ1) is 18.0. The van der Waals surface area contributed by atoms with Gasteiger partial charge in [-0.05, 0) is 65.6 Å². The summed E-state index contributed by atoms with van der Waals surface area (Å²) >= 11 is 0. The summed E-state index contributed by atoms with van der Waals surface area (Å²) in [6.07, 6.45) is 0. The minimum absolute atomic E-state index is 0.359. The second kappa shape index (κ2) is 5.95. The van der Waals surface area contributed by atoms with Gasteiger partial charge in [-0.1, -0.05) is 11.6 Å². The molecule has 1 saturated heterocycles. The molecule has 23 heavy (non-hydrogen) atoms. The Hall–Kier alpha value is -1.33. The molecule has 0 aromatic heterocycles. The number of nitrogens with one attached hydrogen (secondary N) is 1. The van der Waals surface area contributed by atoms with E-state index in [4.69, 9.17) is 14.7 Å². The topological polar surface area (TPSA) is 45.6 Å². The van der Waals surface area contributed by atoms with Crippen molar-refractivity contribution in [3.63, 3.8) is 0 Å². The van der Waals surface area contributed by atoms with Crippen LogP contribution in [0.3, 0.4) is 0 Å². The van der Waals surface area contributed by atoms with Crippen molar-refractivity contribution in [2.24, 2.45) is 0 Å². The van der Waals surface area contributed by atoms with Crippen molar-refractivity contribution in [2.75, 3.05) is 13.6 Å². The van der Waals surface area contributed by atoms with Crippen molar-refractivity contribution >= 4 is 18.4 Å². The zero-order valence-electron chi connectivity index (χ0n) is 15.7. The van der Waals surface area contributed by atoms with Crippen LogP contribution in [0.25, 0.3) is 0 Å². The highest BCUT2D eigenvalue weighted by molar-refractivity contribution is 6.62. The molecule has 0 spiro atoms. The number of nitrogens with zero attached hydrogens (tertiary/aromatic N) is 1. The Morgan fingerprint density at radius 1 is 1.13 bits per heavy atom. The van der Waals surface area contributed by atoms with Crippen LogP contribution in [0.4, 0.5) is 0 Å². The van der Waals surface area contributed by atoms with Crippen molar-refractivity contribution < 1.29 is 9.31 Å². The van der Waals surface area contributed by atoms with Crippen molar-refractivity contribution in [3.05, 3.63) is 28.8 Å². The van der Waals surface area contributed by atoms with Crippen LogP contribution in [0.5, 0.6) is 0 Å². The van der Waals surface area contributed by atoms with Gasteiger partial charge < -0.3 is 14.2 Å². The summed E-state index contributed by atoms with van der Waals surface area (Å²) in [6, 6.07) is 4.18. The zero-order valence-corrected chi connectivity index (χ0v) is 15.7. The number of hydrogen-bond donors (Lipinski definition) is 1.